The van der Waals surface area contributed by atoms with Crippen molar-refractivity contribution in [3.05, 3.63) is 461 Å². The maximum atomic E-state index is 2.67. The fourth-order valence-electron chi connectivity index (χ4n) is 18.2. The average Bonchev–Trinajstić information content (AvgIpc) is 0.685. The summed E-state index contributed by atoms with van der Waals surface area (Å²) in [6.07, 6.45) is 0. The number of anilines is 9. The third kappa shape index (κ3) is 11.3. The number of nitrogens with zero attached hydrogens (tertiary/aromatic N) is 3. The smallest absolute Gasteiger partial charge is 0.252 e. The second-order valence-corrected chi connectivity index (χ2v) is 40.0. The Kier molecular flexibility index (Phi) is 17.5. The van der Waals surface area contributed by atoms with Gasteiger partial charge in [0.1, 0.15) is 0 Å². The van der Waals surface area contributed by atoms with Gasteiger partial charge < -0.3 is 14.7 Å². The fraction of sp³-hybridized carbons (Fsp3) is 0. The third-order valence-corrected chi connectivity index (χ3v) is 37.2. The summed E-state index contributed by atoms with van der Waals surface area (Å²) in [7, 11) is -9.08. The van der Waals surface area contributed by atoms with Gasteiger partial charge in [-0.3, -0.25) is 0 Å². The summed E-state index contributed by atoms with van der Waals surface area (Å²) in [6.45, 7) is -0.251. The summed E-state index contributed by atoms with van der Waals surface area (Å²) < 4.78 is 0. The van der Waals surface area contributed by atoms with E-state index < -0.39 is 24.2 Å². The minimum absolute atomic E-state index is 0.251. The van der Waals surface area contributed by atoms with Crippen molar-refractivity contribution in [2.45, 2.75) is 0 Å². The van der Waals surface area contributed by atoms with Crippen LogP contribution in [-0.4, -0.2) is 30.9 Å². The van der Waals surface area contributed by atoms with Crippen LogP contribution in [0.25, 0.3) is 11.1 Å². The molecular weight excluding hydrogens is 1360 g/mol. The summed E-state index contributed by atoms with van der Waals surface area (Å²) in [4.78, 5) is 7.72. The Morgan fingerprint density at radius 1 is 0.183 bits per heavy atom. The van der Waals surface area contributed by atoms with Crippen LogP contribution in [0.5, 0.6) is 0 Å². The molecule has 0 fully saturated rings. The predicted molar refractivity (Wildman–Crippen MR) is 471 cm³/mol. The van der Waals surface area contributed by atoms with E-state index in [1.807, 2.05) is 0 Å². The molecule has 7 heteroatoms. The van der Waals surface area contributed by atoms with Gasteiger partial charge in [0.05, 0.1) is 5.69 Å². The van der Waals surface area contributed by atoms with Gasteiger partial charge in [0.25, 0.3) is 6.71 Å². The molecule has 19 rings (SSSR count). The van der Waals surface area contributed by atoms with Gasteiger partial charge in [-0.2, -0.15) is 0 Å². The summed E-state index contributed by atoms with van der Waals surface area (Å²) >= 11 is 0. The minimum Gasteiger partial charge on any atom is -0.311 e. The first-order valence-electron chi connectivity index (χ1n) is 37.8. The van der Waals surface area contributed by atoms with Gasteiger partial charge in [-0.25, -0.2) is 0 Å². The van der Waals surface area contributed by atoms with E-state index in [1.54, 1.807) is 0 Å². The molecule has 3 nitrogen and oxygen atoms in total. The van der Waals surface area contributed by atoms with Gasteiger partial charge in [-0.1, -0.05) is 388 Å². The second kappa shape index (κ2) is 28.6. The maximum Gasteiger partial charge on any atom is 0.252 e. The summed E-state index contributed by atoms with van der Waals surface area (Å²) in [5.74, 6) is 0. The van der Waals surface area contributed by atoms with Crippen LogP contribution in [0.3, 0.4) is 0 Å². The molecule has 2 aliphatic heterocycles. The van der Waals surface area contributed by atoms with Gasteiger partial charge in [0.15, 0.2) is 24.2 Å². The molecule has 0 saturated carbocycles. The SMILES string of the molecule is c1ccc(-c2ccc3c(c2)N(c2ccc([Si](c4ccccc4)(c4ccccc4)c4ccccc4)cc2)c2cc(N(c4ccccc4)c4ccccc4)cc4c2B3c2cc([Si](c3ccccc3)(c3ccccc3)c3ccccc3)ccc2N4c2ccc([Si](c3ccccc3)(c3ccccc3)c3ccccc3)cc2)cc1. The molecule has 17 aromatic carbocycles. The first-order valence-corrected chi connectivity index (χ1v) is 43.8. The van der Waals surface area contributed by atoms with Crippen molar-refractivity contribution in [2.24, 2.45) is 0 Å². The molecule has 0 unspecified atom stereocenters. The van der Waals surface area contributed by atoms with Crippen LogP contribution in [0.4, 0.5) is 51.2 Å². The van der Waals surface area contributed by atoms with E-state index in [0.717, 1.165) is 62.3 Å². The maximum absolute atomic E-state index is 3.15. The summed E-state index contributed by atoms with van der Waals surface area (Å²) in [5, 5.41) is 15.9. The highest BCUT2D eigenvalue weighted by Gasteiger charge is 2.49. The Hall–Kier alpha value is -13.1. The average molecular weight is 1440 g/mol. The van der Waals surface area contributed by atoms with E-state index in [0.29, 0.717) is 0 Å². The van der Waals surface area contributed by atoms with Gasteiger partial charge in [-0.15, -0.1) is 0 Å². The molecule has 0 N–H and O–H groups in total. The quantitative estimate of drug-likeness (QED) is 0.0626. The number of hydrogen-bond donors (Lipinski definition) is 0. The number of benzene rings is 17. The molecule has 0 spiro atoms. The van der Waals surface area contributed by atoms with E-state index in [2.05, 4.69) is 476 Å². The number of fused-ring (bicyclic) bond motifs is 4. The molecule has 2 aliphatic rings. The van der Waals surface area contributed by atoms with E-state index >= 15 is 0 Å². The normalized spacial score (nSPS) is 12.3. The highest BCUT2D eigenvalue weighted by atomic mass is 28.3. The van der Waals surface area contributed by atoms with Crippen LogP contribution in [-0.2, 0) is 0 Å². The zero-order valence-electron chi connectivity index (χ0n) is 60.3. The van der Waals surface area contributed by atoms with Crippen LogP contribution in [0.2, 0.25) is 0 Å². The standard InChI is InChI=1S/C102H76BN3Si3/c1-13-37-77(38-14-1)78-61-71-96-99(73-78)106(82-64-68-94(69-65-82)108(87-49-25-7-26-50-87,88-51-27-8-28-52-88)89-53-29-9-30-54-89)101-75-83(104(79-39-15-2-16-40-79)80-41-17-3-18-42-80)74-100-102(101)103(96)97-76-95(109(90-55-31-10-32-56-90,91-57-33-11-34-58-91)92-59-35-12-36-60-92)70-72-98(97)105(100)81-62-66-93(67-63-81)107(84-43-19-4-20-44-84,85-45-21-5-22-46-85)86-47-23-6-24-48-86/h1-76H. The van der Waals surface area contributed by atoms with Crippen molar-refractivity contribution < 1.29 is 0 Å². The van der Waals surface area contributed by atoms with E-state index in [-0.39, 0.29) is 6.71 Å². The summed E-state index contributed by atoms with van der Waals surface area (Å²) in [5.41, 5.74) is 15.8. The lowest BCUT2D eigenvalue weighted by Gasteiger charge is -2.46. The Labute approximate surface area is 643 Å². The molecule has 0 aliphatic carbocycles. The lowest BCUT2D eigenvalue weighted by molar-refractivity contribution is 1.23. The molecule has 2 heterocycles. The summed E-state index contributed by atoms with van der Waals surface area (Å²) in [6, 6.07) is 175. The Balaban J connectivity index is 0.928. The van der Waals surface area contributed by atoms with Gasteiger partial charge in [0.2, 0.25) is 0 Å². The van der Waals surface area contributed by atoms with Crippen molar-refractivity contribution in [3.63, 3.8) is 0 Å². The molecule has 17 aromatic rings. The topological polar surface area (TPSA) is 9.72 Å². The number of para-hydroxylation sites is 2. The van der Waals surface area contributed by atoms with Crippen molar-refractivity contribution in [2.75, 3.05) is 14.7 Å². The van der Waals surface area contributed by atoms with E-state index in [1.165, 1.54) is 78.6 Å². The van der Waals surface area contributed by atoms with Crippen LogP contribution in [0.15, 0.2) is 461 Å². The van der Waals surface area contributed by atoms with Crippen molar-refractivity contribution in [3.8, 4) is 11.1 Å². The van der Waals surface area contributed by atoms with Gasteiger partial charge in [-0.05, 0) is 163 Å². The first-order chi connectivity index (χ1) is 54.1. The fourth-order valence-corrected chi connectivity index (χ4v) is 32.5. The Bertz CT molecular complexity index is 5670. The molecule has 0 bridgehead atoms. The number of hydrogen-bond acceptors (Lipinski definition) is 3. The predicted octanol–water partition coefficient (Wildman–Crippen LogP) is 15.0. The first kappa shape index (κ1) is 66.5. The molecule has 109 heavy (non-hydrogen) atoms. The van der Waals surface area contributed by atoms with Crippen LogP contribution < -0.4 is 93.3 Å². The highest BCUT2D eigenvalue weighted by molar-refractivity contribution is 7.21. The molecule has 0 amide bonds. The lowest BCUT2D eigenvalue weighted by Crippen LogP contribution is -2.75. The van der Waals surface area contributed by atoms with Crippen LogP contribution in [0.1, 0.15) is 0 Å². The molecule has 0 radical (unpaired) electrons. The molecular formula is C102H76BN3Si3. The molecule has 0 aromatic heterocycles. The van der Waals surface area contributed by atoms with Crippen molar-refractivity contribution >= 4 is 161 Å². The second-order valence-electron chi connectivity index (χ2n) is 28.6. The Morgan fingerprint density at radius 3 is 0.789 bits per heavy atom. The minimum atomic E-state index is -3.15. The zero-order chi connectivity index (χ0) is 72.6. The molecule has 0 atom stereocenters. The van der Waals surface area contributed by atoms with Gasteiger partial charge in [0, 0.05) is 45.5 Å². The monoisotopic (exact) mass is 1440 g/mol. The largest absolute Gasteiger partial charge is 0.311 e. The molecule has 0 saturated heterocycles. The van der Waals surface area contributed by atoms with Crippen LogP contribution >= 0.6 is 0 Å². The van der Waals surface area contributed by atoms with Crippen LogP contribution in [0, 0.1) is 0 Å². The number of rotatable bonds is 18. The van der Waals surface area contributed by atoms with E-state index in [9.17, 15) is 0 Å². The lowest BCUT2D eigenvalue weighted by atomic mass is 9.33. The van der Waals surface area contributed by atoms with Crippen molar-refractivity contribution in [1.29, 1.82) is 0 Å². The van der Waals surface area contributed by atoms with Crippen molar-refractivity contribution in [1.82, 2.24) is 0 Å². The zero-order valence-corrected chi connectivity index (χ0v) is 63.3. The van der Waals surface area contributed by atoms with E-state index in [4.69, 9.17) is 0 Å². The Morgan fingerprint density at radius 2 is 0.459 bits per heavy atom. The molecule has 514 valence electrons. The van der Waals surface area contributed by atoms with Gasteiger partial charge >= 0.3 is 0 Å². The third-order valence-electron chi connectivity index (χ3n) is 22.9. The highest BCUT2D eigenvalue weighted by Crippen LogP contribution is 2.49.